The first-order valence-electron chi connectivity index (χ1n) is 8.46. The topological polar surface area (TPSA) is 75.6 Å². The van der Waals surface area contributed by atoms with Crippen LogP contribution in [0, 0.1) is 16.7 Å². The predicted octanol–water partition coefficient (Wildman–Crippen LogP) is 2.34. The SMILES string of the molecule is CCOC1CC(NC(=O)C2CC23CCCC3)(C(=O)O)C1(C)C. The third-order valence-corrected chi connectivity index (χ3v) is 6.57. The summed E-state index contributed by atoms with van der Waals surface area (Å²) < 4.78 is 5.63. The van der Waals surface area contributed by atoms with Crippen molar-refractivity contribution in [2.45, 2.75) is 70.9 Å². The van der Waals surface area contributed by atoms with E-state index < -0.39 is 16.9 Å². The molecular formula is C17H27NO4. The van der Waals surface area contributed by atoms with Gasteiger partial charge in [-0.3, -0.25) is 4.79 Å². The summed E-state index contributed by atoms with van der Waals surface area (Å²) in [6, 6.07) is 0. The van der Waals surface area contributed by atoms with E-state index >= 15 is 0 Å². The van der Waals surface area contributed by atoms with Crippen LogP contribution in [0.4, 0.5) is 0 Å². The number of amides is 1. The first kappa shape index (κ1) is 15.8. The molecule has 0 radical (unpaired) electrons. The van der Waals surface area contributed by atoms with Crippen molar-refractivity contribution in [2.75, 3.05) is 6.61 Å². The van der Waals surface area contributed by atoms with Gasteiger partial charge in [-0.05, 0) is 31.6 Å². The van der Waals surface area contributed by atoms with Gasteiger partial charge in [-0.1, -0.05) is 26.7 Å². The molecule has 5 heteroatoms. The van der Waals surface area contributed by atoms with E-state index in [1.54, 1.807) is 0 Å². The molecule has 22 heavy (non-hydrogen) atoms. The Bertz CT molecular complexity index is 495. The lowest BCUT2D eigenvalue weighted by atomic mass is 9.54. The Balaban J connectivity index is 1.71. The second-order valence-corrected chi connectivity index (χ2v) is 7.90. The highest BCUT2D eigenvalue weighted by Gasteiger charge is 2.68. The molecule has 3 rings (SSSR count). The minimum absolute atomic E-state index is 0.0215. The number of aliphatic carboxylic acids is 1. The quantitative estimate of drug-likeness (QED) is 0.817. The van der Waals surface area contributed by atoms with Gasteiger partial charge in [0.05, 0.1) is 6.10 Å². The van der Waals surface area contributed by atoms with E-state index in [0.717, 1.165) is 19.3 Å². The lowest BCUT2D eigenvalue weighted by Crippen LogP contribution is -2.76. The van der Waals surface area contributed by atoms with Gasteiger partial charge in [0, 0.05) is 24.4 Å². The molecule has 3 fully saturated rings. The Kier molecular flexibility index (Phi) is 3.55. The van der Waals surface area contributed by atoms with Gasteiger partial charge in [0.25, 0.3) is 0 Å². The van der Waals surface area contributed by atoms with E-state index in [2.05, 4.69) is 5.32 Å². The number of hydrogen-bond acceptors (Lipinski definition) is 3. The smallest absolute Gasteiger partial charge is 0.330 e. The van der Waals surface area contributed by atoms with Crippen LogP contribution in [0.15, 0.2) is 0 Å². The Morgan fingerprint density at radius 3 is 2.36 bits per heavy atom. The number of carboxylic acid groups (broad SMARTS) is 1. The molecule has 1 spiro atoms. The number of carbonyl (C=O) groups excluding carboxylic acids is 1. The summed E-state index contributed by atoms with van der Waals surface area (Å²) >= 11 is 0. The fourth-order valence-corrected chi connectivity index (χ4v) is 4.68. The summed E-state index contributed by atoms with van der Waals surface area (Å²) in [5.41, 5.74) is -1.59. The van der Waals surface area contributed by atoms with Crippen molar-refractivity contribution in [3.63, 3.8) is 0 Å². The highest BCUT2D eigenvalue weighted by molar-refractivity contribution is 5.91. The lowest BCUT2D eigenvalue weighted by molar-refractivity contribution is -0.195. The predicted molar refractivity (Wildman–Crippen MR) is 81.3 cm³/mol. The molecule has 0 aromatic heterocycles. The zero-order chi connectivity index (χ0) is 16.2. The number of nitrogens with one attached hydrogen (secondary N) is 1. The summed E-state index contributed by atoms with van der Waals surface area (Å²) in [4.78, 5) is 24.5. The van der Waals surface area contributed by atoms with Gasteiger partial charge in [-0.2, -0.15) is 0 Å². The van der Waals surface area contributed by atoms with Gasteiger partial charge >= 0.3 is 5.97 Å². The van der Waals surface area contributed by atoms with Crippen LogP contribution in [-0.2, 0) is 14.3 Å². The van der Waals surface area contributed by atoms with Crippen molar-refractivity contribution in [3.8, 4) is 0 Å². The molecule has 3 saturated carbocycles. The molecule has 1 amide bonds. The third-order valence-electron chi connectivity index (χ3n) is 6.57. The van der Waals surface area contributed by atoms with Gasteiger partial charge in [0.2, 0.25) is 5.91 Å². The van der Waals surface area contributed by atoms with Crippen LogP contribution in [0.3, 0.4) is 0 Å². The molecule has 3 aliphatic carbocycles. The van der Waals surface area contributed by atoms with Crippen molar-refractivity contribution in [1.29, 1.82) is 0 Å². The molecule has 0 aromatic rings. The van der Waals surface area contributed by atoms with E-state index in [4.69, 9.17) is 4.74 Å². The van der Waals surface area contributed by atoms with Crippen molar-refractivity contribution in [3.05, 3.63) is 0 Å². The number of carbonyl (C=O) groups is 2. The number of carboxylic acids is 1. The van der Waals surface area contributed by atoms with Gasteiger partial charge in [0.1, 0.15) is 5.54 Å². The Hall–Kier alpha value is -1.10. The normalized spacial score (nSPS) is 37.6. The summed E-state index contributed by atoms with van der Waals surface area (Å²) in [5, 5.41) is 12.6. The van der Waals surface area contributed by atoms with Crippen LogP contribution in [0.5, 0.6) is 0 Å². The van der Waals surface area contributed by atoms with Crippen molar-refractivity contribution in [1.82, 2.24) is 5.32 Å². The molecule has 0 aromatic carbocycles. The first-order chi connectivity index (χ1) is 10.3. The average Bonchev–Trinajstić information content (AvgIpc) is 2.94. The lowest BCUT2D eigenvalue weighted by Gasteiger charge is -2.58. The molecule has 0 saturated heterocycles. The van der Waals surface area contributed by atoms with Crippen molar-refractivity contribution < 1.29 is 19.4 Å². The summed E-state index contributed by atoms with van der Waals surface area (Å²) in [6.07, 6.45) is 5.82. The molecular weight excluding hydrogens is 282 g/mol. The monoisotopic (exact) mass is 309 g/mol. The molecule has 2 N–H and O–H groups in total. The molecule has 0 aliphatic heterocycles. The van der Waals surface area contributed by atoms with E-state index in [1.807, 2.05) is 20.8 Å². The highest BCUT2D eigenvalue weighted by atomic mass is 16.5. The molecule has 124 valence electrons. The fraction of sp³-hybridized carbons (Fsp3) is 0.882. The van der Waals surface area contributed by atoms with Crippen molar-refractivity contribution in [2.24, 2.45) is 16.7 Å². The molecule has 0 heterocycles. The summed E-state index contributed by atoms with van der Waals surface area (Å²) in [7, 11) is 0. The van der Waals surface area contributed by atoms with Crippen molar-refractivity contribution >= 4 is 11.9 Å². The summed E-state index contributed by atoms with van der Waals surface area (Å²) in [6.45, 7) is 6.22. The second-order valence-electron chi connectivity index (χ2n) is 7.90. The van der Waals surface area contributed by atoms with Crippen LogP contribution in [0.25, 0.3) is 0 Å². The Morgan fingerprint density at radius 1 is 1.23 bits per heavy atom. The van der Waals surface area contributed by atoms with Crippen LogP contribution in [0.1, 0.15) is 59.3 Å². The zero-order valence-corrected chi connectivity index (χ0v) is 13.8. The first-order valence-corrected chi connectivity index (χ1v) is 8.46. The van der Waals surface area contributed by atoms with Gasteiger partial charge in [-0.15, -0.1) is 0 Å². The average molecular weight is 309 g/mol. The maximum Gasteiger partial charge on any atom is 0.330 e. The van der Waals surface area contributed by atoms with E-state index in [0.29, 0.717) is 13.0 Å². The molecule has 5 nitrogen and oxygen atoms in total. The number of hydrogen-bond donors (Lipinski definition) is 2. The Morgan fingerprint density at radius 2 is 1.86 bits per heavy atom. The van der Waals surface area contributed by atoms with Crippen LogP contribution >= 0.6 is 0 Å². The second kappa shape index (κ2) is 4.95. The highest BCUT2D eigenvalue weighted by Crippen LogP contribution is 2.63. The van der Waals surface area contributed by atoms with E-state index in [9.17, 15) is 14.7 Å². The van der Waals surface area contributed by atoms with Gasteiger partial charge in [0.15, 0.2) is 0 Å². The number of rotatable bonds is 5. The van der Waals surface area contributed by atoms with Crippen LogP contribution in [0.2, 0.25) is 0 Å². The largest absolute Gasteiger partial charge is 0.479 e. The molecule has 3 atom stereocenters. The third kappa shape index (κ3) is 2.01. The standard InChI is InChI=1S/C17H27NO4/c1-4-22-12-10-17(14(20)21,15(12,2)3)18-13(19)11-9-16(11)7-5-6-8-16/h11-12H,4-10H2,1-3H3,(H,18,19)(H,20,21). The van der Waals surface area contributed by atoms with Gasteiger partial charge < -0.3 is 15.2 Å². The minimum atomic E-state index is -1.19. The fourth-order valence-electron chi connectivity index (χ4n) is 4.68. The minimum Gasteiger partial charge on any atom is -0.479 e. The van der Waals surface area contributed by atoms with Crippen LogP contribution < -0.4 is 5.32 Å². The summed E-state index contributed by atoms with van der Waals surface area (Å²) in [5.74, 6) is -0.983. The molecule has 3 aliphatic rings. The van der Waals surface area contributed by atoms with Gasteiger partial charge in [-0.25, -0.2) is 4.79 Å². The van der Waals surface area contributed by atoms with E-state index in [1.165, 1.54) is 12.8 Å². The molecule has 3 unspecified atom stereocenters. The molecule has 0 bridgehead atoms. The van der Waals surface area contributed by atoms with E-state index in [-0.39, 0.29) is 23.3 Å². The van der Waals surface area contributed by atoms with Crippen LogP contribution in [-0.4, -0.2) is 35.2 Å². The number of ether oxygens (including phenoxy) is 1. The zero-order valence-electron chi connectivity index (χ0n) is 13.8. The maximum absolute atomic E-state index is 12.6. The maximum atomic E-state index is 12.6. The Labute approximate surface area is 131 Å².